The van der Waals surface area contributed by atoms with E-state index in [-0.39, 0.29) is 17.3 Å². The third kappa shape index (κ3) is 3.78. The Balaban J connectivity index is 2.15. The van der Waals surface area contributed by atoms with Crippen LogP contribution in [-0.2, 0) is 16.6 Å². The summed E-state index contributed by atoms with van der Waals surface area (Å²) in [6.45, 7) is 0.0567. The molecule has 0 saturated carbocycles. The number of nitrogens with zero attached hydrogens (tertiary/aromatic N) is 1. The van der Waals surface area contributed by atoms with Gasteiger partial charge in [0.05, 0.1) is 16.5 Å². The van der Waals surface area contributed by atoms with E-state index in [9.17, 15) is 12.8 Å². The molecule has 0 heterocycles. The van der Waals surface area contributed by atoms with Crippen LogP contribution in [0.1, 0.15) is 11.1 Å². The Labute approximate surface area is 121 Å². The molecule has 0 radical (unpaired) electrons. The summed E-state index contributed by atoms with van der Waals surface area (Å²) < 4.78 is 41.2. The van der Waals surface area contributed by atoms with Gasteiger partial charge >= 0.3 is 0 Å². The molecule has 0 spiro atoms. The lowest BCUT2D eigenvalue weighted by Crippen LogP contribution is -2.12. The van der Waals surface area contributed by atoms with Crippen molar-refractivity contribution in [2.75, 3.05) is 0 Å². The van der Waals surface area contributed by atoms with Crippen LogP contribution in [0.5, 0.6) is 5.75 Å². The van der Waals surface area contributed by atoms with Crippen molar-refractivity contribution in [1.29, 1.82) is 5.26 Å². The third-order valence-electron chi connectivity index (χ3n) is 2.68. The van der Waals surface area contributed by atoms with E-state index in [1.54, 1.807) is 24.3 Å². The second-order valence-corrected chi connectivity index (χ2v) is 5.80. The van der Waals surface area contributed by atoms with E-state index in [1.165, 1.54) is 12.1 Å². The molecule has 0 aromatic heterocycles. The molecule has 0 amide bonds. The summed E-state index contributed by atoms with van der Waals surface area (Å²) in [5, 5.41) is 13.7. The molecule has 0 unspecified atom stereocenters. The van der Waals surface area contributed by atoms with Crippen molar-refractivity contribution in [2.24, 2.45) is 5.14 Å². The fourth-order valence-corrected chi connectivity index (χ4v) is 2.19. The van der Waals surface area contributed by atoms with Gasteiger partial charge in [-0.2, -0.15) is 5.26 Å². The molecule has 2 N–H and O–H groups in total. The van der Waals surface area contributed by atoms with Crippen molar-refractivity contribution in [3.05, 3.63) is 59.4 Å². The van der Waals surface area contributed by atoms with E-state index in [2.05, 4.69) is 0 Å². The smallest absolute Gasteiger partial charge is 0.238 e. The molecular weight excluding hydrogens is 295 g/mol. The molecule has 0 saturated heterocycles. The number of ether oxygens (including phenoxy) is 1. The summed E-state index contributed by atoms with van der Waals surface area (Å²) in [7, 11) is -3.95. The Morgan fingerprint density at radius 2 is 2.00 bits per heavy atom. The standard InChI is InChI=1S/C14H11FN2O3S/c15-13-7-12(21(17,18)19)4-5-14(13)20-9-11-3-1-2-10(6-11)8-16/h1-7H,9H2,(H2,17,18,19). The maximum Gasteiger partial charge on any atom is 0.238 e. The van der Waals surface area contributed by atoms with Crippen LogP contribution < -0.4 is 9.88 Å². The maximum atomic E-state index is 13.7. The predicted molar refractivity (Wildman–Crippen MR) is 73.3 cm³/mol. The van der Waals surface area contributed by atoms with Crippen LogP contribution in [0.15, 0.2) is 47.4 Å². The number of sulfonamides is 1. The largest absolute Gasteiger partial charge is 0.486 e. The van der Waals surface area contributed by atoms with E-state index < -0.39 is 15.8 Å². The molecule has 2 aromatic carbocycles. The second kappa shape index (κ2) is 5.91. The number of halogens is 1. The Morgan fingerprint density at radius 3 is 2.62 bits per heavy atom. The van der Waals surface area contributed by atoms with Gasteiger partial charge in [-0.1, -0.05) is 12.1 Å². The predicted octanol–water partition coefficient (Wildman–Crippen LogP) is 1.92. The Kier molecular flexibility index (Phi) is 4.21. The van der Waals surface area contributed by atoms with Gasteiger partial charge in [0.15, 0.2) is 11.6 Å². The van der Waals surface area contributed by atoms with E-state index in [0.717, 1.165) is 6.07 Å². The van der Waals surface area contributed by atoms with Crippen molar-refractivity contribution >= 4 is 10.0 Å². The van der Waals surface area contributed by atoms with E-state index in [0.29, 0.717) is 11.1 Å². The van der Waals surface area contributed by atoms with Gasteiger partial charge in [0.2, 0.25) is 10.0 Å². The topological polar surface area (TPSA) is 93.2 Å². The van der Waals surface area contributed by atoms with Gasteiger partial charge in [-0.15, -0.1) is 0 Å². The van der Waals surface area contributed by atoms with Gasteiger partial charge in [0, 0.05) is 0 Å². The minimum atomic E-state index is -3.95. The average molecular weight is 306 g/mol. The normalized spacial score (nSPS) is 10.9. The molecule has 0 fully saturated rings. The minimum Gasteiger partial charge on any atom is -0.486 e. The zero-order valence-corrected chi connectivity index (χ0v) is 11.6. The van der Waals surface area contributed by atoms with Gasteiger partial charge < -0.3 is 4.74 Å². The maximum absolute atomic E-state index is 13.7. The summed E-state index contributed by atoms with van der Waals surface area (Å²) >= 11 is 0. The first kappa shape index (κ1) is 15.0. The van der Waals surface area contributed by atoms with Crippen LogP contribution >= 0.6 is 0 Å². The lowest BCUT2D eigenvalue weighted by molar-refractivity contribution is 0.290. The zero-order chi connectivity index (χ0) is 15.5. The van der Waals surface area contributed by atoms with E-state index >= 15 is 0 Å². The average Bonchev–Trinajstić information content (AvgIpc) is 2.45. The molecule has 7 heteroatoms. The number of nitriles is 1. The number of nitrogens with two attached hydrogens (primary N) is 1. The van der Waals surface area contributed by atoms with Crippen molar-refractivity contribution in [3.63, 3.8) is 0 Å². The first-order valence-corrected chi connectivity index (χ1v) is 7.39. The highest BCUT2D eigenvalue weighted by Gasteiger charge is 2.12. The fraction of sp³-hybridized carbons (Fsp3) is 0.0714. The number of hydrogen-bond acceptors (Lipinski definition) is 4. The summed E-state index contributed by atoms with van der Waals surface area (Å²) in [6, 6.07) is 11.8. The van der Waals surface area contributed by atoms with Gasteiger partial charge in [-0.25, -0.2) is 17.9 Å². The molecule has 108 valence electrons. The molecule has 0 aliphatic rings. The number of benzene rings is 2. The molecule has 2 rings (SSSR count). The van der Waals surface area contributed by atoms with Crippen LogP contribution in [-0.4, -0.2) is 8.42 Å². The molecule has 0 aliphatic heterocycles. The first-order chi connectivity index (χ1) is 9.90. The molecule has 0 aliphatic carbocycles. The lowest BCUT2D eigenvalue weighted by atomic mass is 10.1. The first-order valence-electron chi connectivity index (χ1n) is 5.84. The lowest BCUT2D eigenvalue weighted by Gasteiger charge is -2.08. The molecule has 0 atom stereocenters. The highest BCUT2D eigenvalue weighted by molar-refractivity contribution is 7.89. The van der Waals surface area contributed by atoms with Gasteiger partial charge in [-0.05, 0) is 35.9 Å². The van der Waals surface area contributed by atoms with Crippen LogP contribution in [0.3, 0.4) is 0 Å². The number of rotatable bonds is 4. The van der Waals surface area contributed by atoms with Gasteiger partial charge in [0.1, 0.15) is 6.61 Å². The summed E-state index contributed by atoms with van der Waals surface area (Å²) in [6.07, 6.45) is 0. The third-order valence-corrected chi connectivity index (χ3v) is 3.59. The number of primary sulfonamides is 1. The quantitative estimate of drug-likeness (QED) is 0.934. The minimum absolute atomic E-state index is 0.0567. The van der Waals surface area contributed by atoms with Gasteiger partial charge in [0.25, 0.3) is 0 Å². The van der Waals surface area contributed by atoms with Crippen molar-refractivity contribution in [1.82, 2.24) is 0 Å². The molecule has 21 heavy (non-hydrogen) atoms. The Morgan fingerprint density at radius 1 is 1.24 bits per heavy atom. The Hall–Kier alpha value is -2.43. The van der Waals surface area contributed by atoms with Crippen LogP contribution in [0.25, 0.3) is 0 Å². The van der Waals surface area contributed by atoms with E-state index in [4.69, 9.17) is 15.1 Å². The van der Waals surface area contributed by atoms with Gasteiger partial charge in [-0.3, -0.25) is 0 Å². The van der Waals surface area contributed by atoms with Crippen LogP contribution in [0.4, 0.5) is 4.39 Å². The Bertz CT molecular complexity index is 813. The van der Waals surface area contributed by atoms with Crippen molar-refractivity contribution in [2.45, 2.75) is 11.5 Å². The molecule has 5 nitrogen and oxygen atoms in total. The number of hydrogen-bond donors (Lipinski definition) is 1. The zero-order valence-electron chi connectivity index (χ0n) is 10.8. The summed E-state index contributed by atoms with van der Waals surface area (Å²) in [5.41, 5.74) is 1.17. The fourth-order valence-electron chi connectivity index (χ4n) is 1.67. The van der Waals surface area contributed by atoms with Crippen molar-refractivity contribution in [3.8, 4) is 11.8 Å². The second-order valence-electron chi connectivity index (χ2n) is 4.24. The SMILES string of the molecule is N#Cc1cccc(COc2ccc(S(N)(=O)=O)cc2F)c1. The highest BCUT2D eigenvalue weighted by Crippen LogP contribution is 2.21. The monoisotopic (exact) mass is 306 g/mol. The highest BCUT2D eigenvalue weighted by atomic mass is 32.2. The summed E-state index contributed by atoms with van der Waals surface area (Å²) in [5.74, 6) is -0.914. The molecule has 0 bridgehead atoms. The summed E-state index contributed by atoms with van der Waals surface area (Å²) in [4.78, 5) is -0.321. The van der Waals surface area contributed by atoms with E-state index in [1.807, 2.05) is 6.07 Å². The molecule has 2 aromatic rings. The van der Waals surface area contributed by atoms with Crippen LogP contribution in [0.2, 0.25) is 0 Å². The van der Waals surface area contributed by atoms with Crippen molar-refractivity contribution < 1.29 is 17.5 Å². The molecular formula is C14H11FN2O3S. The van der Waals surface area contributed by atoms with Crippen LogP contribution in [0, 0.1) is 17.1 Å².